The highest BCUT2D eigenvalue weighted by Crippen LogP contribution is 2.25. The van der Waals surface area contributed by atoms with Gasteiger partial charge in [-0.1, -0.05) is 31.0 Å². The quantitative estimate of drug-likeness (QED) is 0.801. The van der Waals surface area contributed by atoms with Crippen molar-refractivity contribution in [3.63, 3.8) is 0 Å². The summed E-state index contributed by atoms with van der Waals surface area (Å²) in [6.07, 6.45) is 5.73. The average Bonchev–Trinajstić information content (AvgIpc) is 2.67. The van der Waals surface area contributed by atoms with Crippen LogP contribution in [0.3, 0.4) is 0 Å². The molecule has 1 N–H and O–H groups in total. The molecule has 1 heterocycles. The number of hydrogen-bond donors (Lipinski definition) is 1. The summed E-state index contributed by atoms with van der Waals surface area (Å²) in [5.41, 5.74) is 4.76. The number of carbonyl (C=O) groups is 1. The van der Waals surface area contributed by atoms with E-state index in [1.807, 2.05) is 6.92 Å². The molecule has 0 unspecified atom stereocenters. The van der Waals surface area contributed by atoms with Crippen molar-refractivity contribution in [3.05, 3.63) is 29.8 Å². The first-order valence-electron chi connectivity index (χ1n) is 9.81. The van der Waals surface area contributed by atoms with E-state index in [0.717, 1.165) is 30.5 Å². The third kappa shape index (κ3) is 4.76. The topological polar surface area (TPSA) is 78.8 Å². The molecule has 7 heteroatoms. The second-order valence-electron chi connectivity index (χ2n) is 7.74. The molecule has 1 aliphatic heterocycles. The minimum absolute atomic E-state index is 0.177. The van der Waals surface area contributed by atoms with Gasteiger partial charge in [0.05, 0.1) is 10.8 Å². The van der Waals surface area contributed by atoms with Gasteiger partial charge in [0.1, 0.15) is 0 Å². The highest BCUT2D eigenvalue weighted by atomic mass is 32.2. The van der Waals surface area contributed by atoms with Crippen LogP contribution in [0.4, 0.5) is 0 Å². The summed E-state index contributed by atoms with van der Waals surface area (Å²) in [6.45, 7) is 4.72. The summed E-state index contributed by atoms with van der Waals surface area (Å²) < 4.78 is 27.2. The summed E-state index contributed by atoms with van der Waals surface area (Å²) in [7, 11) is -3.57. The summed E-state index contributed by atoms with van der Waals surface area (Å²) in [5, 5.41) is 4.34. The first-order valence-corrected chi connectivity index (χ1v) is 11.2. The Bertz CT molecular complexity index is 802. The van der Waals surface area contributed by atoms with Gasteiger partial charge in [-0.25, -0.2) is 13.8 Å². The lowest BCUT2D eigenvalue weighted by Crippen LogP contribution is -2.44. The van der Waals surface area contributed by atoms with Crippen molar-refractivity contribution in [1.82, 2.24) is 9.73 Å². The van der Waals surface area contributed by atoms with Crippen LogP contribution in [-0.2, 0) is 14.8 Å². The molecule has 2 atom stereocenters. The van der Waals surface area contributed by atoms with Gasteiger partial charge in [-0.15, -0.1) is 0 Å². The molecule has 2 aliphatic rings. The number of carbonyl (C=O) groups excluding carboxylic acids is 1. The zero-order valence-corrected chi connectivity index (χ0v) is 17.0. The molecule has 0 radical (unpaired) electrons. The Hall–Kier alpha value is -1.73. The molecular weight excluding hydrogens is 362 g/mol. The largest absolute Gasteiger partial charge is 0.273 e. The number of benzene rings is 1. The molecular formula is C20H29N3O3S. The maximum Gasteiger partial charge on any atom is 0.244 e. The molecule has 0 spiro atoms. The fourth-order valence-electron chi connectivity index (χ4n) is 3.79. The highest BCUT2D eigenvalue weighted by Gasteiger charge is 2.33. The minimum atomic E-state index is -3.57. The molecule has 1 aromatic carbocycles. The van der Waals surface area contributed by atoms with Crippen LogP contribution in [0.2, 0.25) is 0 Å². The molecule has 1 saturated heterocycles. The van der Waals surface area contributed by atoms with Gasteiger partial charge < -0.3 is 0 Å². The Kier molecular flexibility index (Phi) is 6.32. The number of hydrazone groups is 1. The minimum Gasteiger partial charge on any atom is -0.273 e. The Morgan fingerprint density at radius 2 is 1.89 bits per heavy atom. The van der Waals surface area contributed by atoms with E-state index in [0.29, 0.717) is 25.3 Å². The summed E-state index contributed by atoms with van der Waals surface area (Å²) in [6, 6.07) is 6.85. The van der Waals surface area contributed by atoms with Crippen LogP contribution in [0.1, 0.15) is 51.0 Å². The number of nitrogens with zero attached hydrogens (tertiary/aromatic N) is 2. The second-order valence-corrected chi connectivity index (χ2v) is 9.68. The van der Waals surface area contributed by atoms with Crippen LogP contribution in [0.5, 0.6) is 0 Å². The van der Waals surface area contributed by atoms with Crippen LogP contribution in [0.25, 0.3) is 0 Å². The standard InChI is InChI=1S/C20H29N3O3S/c1-15-9-11-18(12-10-15)27(25,26)23-13-5-7-17(14-23)20(24)22-21-19-8-4-3-6-16(19)2/h9-12,16-17H,3-8,13-14H2,1-2H3,(H,22,24)/b21-19-/t16-,17+/m0/s1. The van der Waals surface area contributed by atoms with E-state index in [2.05, 4.69) is 17.5 Å². The van der Waals surface area contributed by atoms with Crippen molar-refractivity contribution >= 4 is 21.6 Å². The summed E-state index contributed by atoms with van der Waals surface area (Å²) >= 11 is 0. The molecule has 27 heavy (non-hydrogen) atoms. The lowest BCUT2D eigenvalue weighted by atomic mass is 9.89. The van der Waals surface area contributed by atoms with Gasteiger partial charge in [-0.3, -0.25) is 4.79 Å². The van der Waals surface area contributed by atoms with Crippen LogP contribution in [-0.4, -0.2) is 37.4 Å². The van der Waals surface area contributed by atoms with Gasteiger partial charge >= 0.3 is 0 Å². The van der Waals surface area contributed by atoms with Crippen molar-refractivity contribution in [2.24, 2.45) is 16.9 Å². The Balaban J connectivity index is 1.65. The van der Waals surface area contributed by atoms with Crippen molar-refractivity contribution in [1.29, 1.82) is 0 Å². The average molecular weight is 392 g/mol. The number of nitrogens with one attached hydrogen (secondary N) is 1. The third-order valence-corrected chi connectivity index (χ3v) is 7.49. The van der Waals surface area contributed by atoms with Gasteiger partial charge in [0.25, 0.3) is 0 Å². The van der Waals surface area contributed by atoms with Crippen LogP contribution in [0.15, 0.2) is 34.3 Å². The van der Waals surface area contributed by atoms with E-state index in [-0.39, 0.29) is 23.3 Å². The number of amides is 1. The van der Waals surface area contributed by atoms with Gasteiger partial charge in [-0.2, -0.15) is 9.41 Å². The molecule has 1 saturated carbocycles. The molecule has 1 aliphatic carbocycles. The van der Waals surface area contributed by atoms with Gasteiger partial charge in [0.15, 0.2) is 0 Å². The maximum atomic E-state index is 12.9. The predicted molar refractivity (Wildman–Crippen MR) is 106 cm³/mol. The molecule has 2 fully saturated rings. The molecule has 1 aromatic rings. The summed E-state index contributed by atoms with van der Waals surface area (Å²) in [4.78, 5) is 12.8. The molecule has 148 valence electrons. The Morgan fingerprint density at radius 1 is 1.15 bits per heavy atom. The lowest BCUT2D eigenvalue weighted by molar-refractivity contribution is -0.126. The second kappa shape index (κ2) is 8.52. The van der Waals surface area contributed by atoms with E-state index < -0.39 is 10.0 Å². The number of sulfonamides is 1. The molecule has 0 aromatic heterocycles. The normalized spacial score (nSPS) is 26.1. The Morgan fingerprint density at radius 3 is 2.59 bits per heavy atom. The van der Waals surface area contributed by atoms with Gasteiger partial charge in [0, 0.05) is 18.8 Å². The third-order valence-electron chi connectivity index (χ3n) is 5.61. The smallest absolute Gasteiger partial charge is 0.244 e. The monoisotopic (exact) mass is 391 g/mol. The van der Waals surface area contributed by atoms with Crippen molar-refractivity contribution in [3.8, 4) is 0 Å². The molecule has 1 amide bonds. The van der Waals surface area contributed by atoms with Crippen molar-refractivity contribution < 1.29 is 13.2 Å². The number of hydrogen-bond acceptors (Lipinski definition) is 4. The molecule has 6 nitrogen and oxygen atoms in total. The van der Waals surface area contributed by atoms with Gasteiger partial charge in [0.2, 0.25) is 15.9 Å². The van der Waals surface area contributed by atoms with E-state index in [1.165, 1.54) is 10.7 Å². The number of piperidine rings is 1. The Labute approximate surface area is 162 Å². The van der Waals surface area contributed by atoms with E-state index in [9.17, 15) is 13.2 Å². The first kappa shape index (κ1) is 20.0. The van der Waals surface area contributed by atoms with Crippen LogP contribution in [0, 0.1) is 18.8 Å². The van der Waals surface area contributed by atoms with Crippen molar-refractivity contribution in [2.75, 3.05) is 13.1 Å². The first-order chi connectivity index (χ1) is 12.9. The molecule has 0 bridgehead atoms. The SMILES string of the molecule is Cc1ccc(S(=O)(=O)N2CCC[C@@H](C(=O)N/N=C3/CCCC[C@@H]3C)C2)cc1. The van der Waals surface area contributed by atoms with Crippen molar-refractivity contribution in [2.45, 2.75) is 57.3 Å². The predicted octanol–water partition coefficient (Wildman–Crippen LogP) is 3.08. The van der Waals surface area contributed by atoms with E-state index in [1.54, 1.807) is 24.3 Å². The fourth-order valence-corrected chi connectivity index (χ4v) is 5.31. The van der Waals surface area contributed by atoms with E-state index >= 15 is 0 Å². The summed E-state index contributed by atoms with van der Waals surface area (Å²) in [5.74, 6) is -0.130. The lowest BCUT2D eigenvalue weighted by Gasteiger charge is -2.31. The van der Waals surface area contributed by atoms with Gasteiger partial charge in [-0.05, 0) is 57.1 Å². The fraction of sp³-hybridized carbons (Fsp3) is 0.600. The van der Waals surface area contributed by atoms with Crippen LogP contribution >= 0.6 is 0 Å². The number of aryl methyl sites for hydroxylation is 1. The zero-order valence-electron chi connectivity index (χ0n) is 16.1. The number of rotatable bonds is 4. The van der Waals surface area contributed by atoms with Crippen LogP contribution < -0.4 is 5.43 Å². The molecule has 3 rings (SSSR count). The zero-order chi connectivity index (χ0) is 19.4. The van der Waals surface area contributed by atoms with E-state index in [4.69, 9.17) is 0 Å². The maximum absolute atomic E-state index is 12.9. The highest BCUT2D eigenvalue weighted by molar-refractivity contribution is 7.89.